The molecule has 0 aromatic carbocycles. The van der Waals surface area contributed by atoms with Crippen LogP contribution in [0.25, 0.3) is 6.08 Å². The van der Waals surface area contributed by atoms with Crippen LogP contribution in [0.15, 0.2) is 23.6 Å². The number of nitrogens with zero attached hydrogens (tertiary/aromatic N) is 2. The summed E-state index contributed by atoms with van der Waals surface area (Å²) in [6.45, 7) is 0.681. The Hall–Kier alpha value is -0.870. The van der Waals surface area contributed by atoms with Crippen molar-refractivity contribution in [1.82, 2.24) is 9.97 Å². The zero-order chi connectivity index (χ0) is 9.52. The number of rotatable bonds is 4. The lowest BCUT2D eigenvalue weighted by Gasteiger charge is -1.94. The number of nitrogens with two attached hydrogens (primary N) is 1. The molecule has 13 heavy (non-hydrogen) atoms. The van der Waals surface area contributed by atoms with Gasteiger partial charge >= 0.3 is 0 Å². The second-order valence-electron chi connectivity index (χ2n) is 2.48. The van der Waals surface area contributed by atoms with E-state index in [9.17, 15) is 0 Å². The molecular formula is C9H13N3S. The van der Waals surface area contributed by atoms with E-state index >= 15 is 0 Å². The van der Waals surface area contributed by atoms with Crippen molar-refractivity contribution < 1.29 is 0 Å². The van der Waals surface area contributed by atoms with Gasteiger partial charge < -0.3 is 5.73 Å². The Bertz CT molecular complexity index is 269. The van der Waals surface area contributed by atoms with Crippen molar-refractivity contribution in [3.05, 3.63) is 24.0 Å². The molecule has 1 aromatic rings. The van der Waals surface area contributed by atoms with Gasteiger partial charge in [0.25, 0.3) is 0 Å². The van der Waals surface area contributed by atoms with Crippen LogP contribution in [-0.2, 0) is 0 Å². The SMILES string of the molecule is CSc1ncc(C=CCCN)cn1. The molecule has 1 aromatic heterocycles. The van der Waals surface area contributed by atoms with Crippen LogP contribution in [0.4, 0.5) is 0 Å². The Balaban J connectivity index is 2.58. The van der Waals surface area contributed by atoms with Crippen LogP contribution in [0.3, 0.4) is 0 Å². The molecule has 0 aliphatic rings. The highest BCUT2D eigenvalue weighted by Crippen LogP contribution is 2.07. The fourth-order valence-electron chi connectivity index (χ4n) is 0.833. The molecule has 4 heteroatoms. The van der Waals surface area contributed by atoms with E-state index in [1.165, 1.54) is 11.8 Å². The van der Waals surface area contributed by atoms with E-state index in [4.69, 9.17) is 5.73 Å². The first-order chi connectivity index (χ1) is 6.36. The molecule has 0 aliphatic heterocycles. The number of aromatic nitrogens is 2. The lowest BCUT2D eigenvalue weighted by Crippen LogP contribution is -1.95. The summed E-state index contributed by atoms with van der Waals surface area (Å²) in [7, 11) is 0. The maximum atomic E-state index is 5.35. The highest BCUT2D eigenvalue weighted by molar-refractivity contribution is 7.98. The summed E-state index contributed by atoms with van der Waals surface area (Å²) in [6, 6.07) is 0. The minimum absolute atomic E-state index is 0.681. The van der Waals surface area contributed by atoms with Gasteiger partial charge in [-0.15, -0.1) is 0 Å². The van der Waals surface area contributed by atoms with Crippen molar-refractivity contribution in [3.63, 3.8) is 0 Å². The minimum Gasteiger partial charge on any atom is -0.330 e. The molecule has 1 heterocycles. The van der Waals surface area contributed by atoms with Gasteiger partial charge in [0.15, 0.2) is 5.16 Å². The maximum absolute atomic E-state index is 5.35. The summed E-state index contributed by atoms with van der Waals surface area (Å²) >= 11 is 1.54. The topological polar surface area (TPSA) is 51.8 Å². The first-order valence-corrected chi connectivity index (χ1v) is 5.32. The summed E-state index contributed by atoms with van der Waals surface area (Å²) in [5.74, 6) is 0. The third kappa shape index (κ3) is 3.57. The summed E-state index contributed by atoms with van der Waals surface area (Å²) < 4.78 is 0. The van der Waals surface area contributed by atoms with Crippen LogP contribution in [-0.4, -0.2) is 22.8 Å². The van der Waals surface area contributed by atoms with Crippen molar-refractivity contribution >= 4 is 17.8 Å². The van der Waals surface area contributed by atoms with Crippen molar-refractivity contribution in [3.8, 4) is 0 Å². The quantitative estimate of drug-likeness (QED) is 0.585. The van der Waals surface area contributed by atoms with E-state index in [0.717, 1.165) is 17.1 Å². The Kier molecular flexibility index (Phi) is 4.49. The van der Waals surface area contributed by atoms with Crippen molar-refractivity contribution in [2.75, 3.05) is 12.8 Å². The van der Waals surface area contributed by atoms with Crippen LogP contribution in [0.1, 0.15) is 12.0 Å². The molecule has 0 radical (unpaired) electrons. The average molecular weight is 195 g/mol. The molecule has 3 nitrogen and oxygen atoms in total. The smallest absolute Gasteiger partial charge is 0.187 e. The van der Waals surface area contributed by atoms with Crippen molar-refractivity contribution in [2.45, 2.75) is 11.6 Å². The molecule has 0 saturated heterocycles. The molecule has 0 unspecified atom stereocenters. The number of thioether (sulfide) groups is 1. The zero-order valence-electron chi connectivity index (χ0n) is 7.60. The van der Waals surface area contributed by atoms with Gasteiger partial charge in [-0.05, 0) is 19.2 Å². The monoisotopic (exact) mass is 195 g/mol. The van der Waals surface area contributed by atoms with Gasteiger partial charge in [0.2, 0.25) is 0 Å². The van der Waals surface area contributed by atoms with Crippen LogP contribution in [0.5, 0.6) is 0 Å². The van der Waals surface area contributed by atoms with Crippen LogP contribution in [0, 0.1) is 0 Å². The molecular weight excluding hydrogens is 182 g/mol. The molecule has 0 atom stereocenters. The van der Waals surface area contributed by atoms with Gasteiger partial charge in [0, 0.05) is 18.0 Å². The van der Waals surface area contributed by atoms with Gasteiger partial charge in [0.05, 0.1) is 0 Å². The molecule has 0 amide bonds. The standard InChI is InChI=1S/C9H13N3S/c1-13-9-11-6-8(7-12-9)4-2-3-5-10/h2,4,6-7H,3,5,10H2,1H3. The van der Waals surface area contributed by atoms with Gasteiger partial charge in [-0.2, -0.15) is 0 Å². The second-order valence-corrected chi connectivity index (χ2v) is 3.26. The van der Waals surface area contributed by atoms with Crippen molar-refractivity contribution in [2.24, 2.45) is 5.73 Å². The molecule has 0 bridgehead atoms. The summed E-state index contributed by atoms with van der Waals surface area (Å²) in [4.78, 5) is 8.29. The van der Waals surface area contributed by atoms with E-state index in [1.54, 1.807) is 0 Å². The zero-order valence-corrected chi connectivity index (χ0v) is 8.42. The van der Waals surface area contributed by atoms with Crippen LogP contribution >= 0.6 is 11.8 Å². The third-order valence-corrected chi connectivity index (χ3v) is 2.05. The number of hydrogen-bond donors (Lipinski definition) is 1. The van der Waals surface area contributed by atoms with Crippen LogP contribution in [0.2, 0.25) is 0 Å². The summed E-state index contributed by atoms with van der Waals surface area (Å²) in [5, 5.41) is 0.802. The fourth-order valence-corrected chi connectivity index (χ4v) is 1.15. The largest absolute Gasteiger partial charge is 0.330 e. The Morgan fingerprint density at radius 1 is 1.46 bits per heavy atom. The molecule has 2 N–H and O–H groups in total. The lowest BCUT2D eigenvalue weighted by atomic mass is 10.3. The van der Waals surface area contributed by atoms with Gasteiger partial charge in [-0.3, -0.25) is 0 Å². The molecule has 0 fully saturated rings. The Morgan fingerprint density at radius 3 is 2.69 bits per heavy atom. The molecule has 1 rings (SSSR count). The second kappa shape index (κ2) is 5.72. The normalized spacial score (nSPS) is 10.9. The van der Waals surface area contributed by atoms with E-state index in [0.29, 0.717) is 6.54 Å². The van der Waals surface area contributed by atoms with E-state index < -0.39 is 0 Å². The molecule has 0 aliphatic carbocycles. The highest BCUT2D eigenvalue weighted by Gasteiger charge is 1.91. The highest BCUT2D eigenvalue weighted by atomic mass is 32.2. The average Bonchev–Trinajstić information content (AvgIpc) is 2.19. The summed E-state index contributed by atoms with van der Waals surface area (Å²) in [5.41, 5.74) is 6.37. The first kappa shape index (κ1) is 10.2. The van der Waals surface area contributed by atoms with Gasteiger partial charge in [0.1, 0.15) is 0 Å². The predicted molar refractivity (Wildman–Crippen MR) is 56.5 cm³/mol. The molecule has 0 saturated carbocycles. The first-order valence-electron chi connectivity index (χ1n) is 4.09. The minimum atomic E-state index is 0.681. The van der Waals surface area contributed by atoms with E-state index in [-0.39, 0.29) is 0 Å². The maximum Gasteiger partial charge on any atom is 0.187 e. The van der Waals surface area contributed by atoms with E-state index in [2.05, 4.69) is 9.97 Å². The van der Waals surface area contributed by atoms with E-state index in [1.807, 2.05) is 30.8 Å². The number of hydrogen-bond acceptors (Lipinski definition) is 4. The Labute approximate surface area is 82.5 Å². The fraction of sp³-hybridized carbons (Fsp3) is 0.333. The molecule has 0 spiro atoms. The van der Waals surface area contributed by atoms with Crippen molar-refractivity contribution in [1.29, 1.82) is 0 Å². The molecule has 70 valence electrons. The lowest BCUT2D eigenvalue weighted by molar-refractivity contribution is 0.964. The van der Waals surface area contributed by atoms with Crippen LogP contribution < -0.4 is 5.73 Å². The third-order valence-electron chi connectivity index (χ3n) is 1.47. The Morgan fingerprint density at radius 2 is 2.15 bits per heavy atom. The van der Waals surface area contributed by atoms with Gasteiger partial charge in [-0.25, -0.2) is 9.97 Å². The predicted octanol–water partition coefficient (Wildman–Crippen LogP) is 1.56. The summed E-state index contributed by atoms with van der Waals surface area (Å²) in [6.07, 6.45) is 10.5. The van der Waals surface area contributed by atoms with Gasteiger partial charge in [-0.1, -0.05) is 23.9 Å².